The van der Waals surface area contributed by atoms with Crippen molar-refractivity contribution in [2.45, 2.75) is 58.3 Å². The van der Waals surface area contributed by atoms with Crippen molar-refractivity contribution in [1.29, 1.82) is 0 Å². The minimum atomic E-state index is -3.22. The van der Waals surface area contributed by atoms with Gasteiger partial charge in [0.15, 0.2) is 0 Å². The Balaban J connectivity index is 0.00000253. The molecular formula is C67H62Cl3SiTi. The van der Waals surface area contributed by atoms with Gasteiger partial charge in [0.25, 0.3) is 0 Å². The molecule has 10 rings (SSSR count). The minimum absolute atomic E-state index is 0. The van der Waals surface area contributed by atoms with Crippen molar-refractivity contribution < 1.29 is 20.4 Å². The molecule has 1 aliphatic rings. The first-order valence-electron chi connectivity index (χ1n) is 24.8. The maximum absolute atomic E-state index is 3.22. The van der Waals surface area contributed by atoms with Crippen molar-refractivity contribution in [2.24, 2.45) is 0 Å². The maximum Gasteiger partial charge on any atom is -0.147 e. The first-order chi connectivity index (χ1) is 34.0. The molecule has 0 amide bonds. The average molecular weight is 1050 g/mol. The molecule has 9 aromatic rings. The molecule has 0 aliphatic heterocycles. The fourth-order valence-corrected chi connectivity index (χ4v) is 17.8. The second-order valence-electron chi connectivity index (χ2n) is 19.0. The molecule has 1 aliphatic carbocycles. The molecule has 0 saturated carbocycles. The number of allylic oxidation sites excluding steroid dienone is 4. The van der Waals surface area contributed by atoms with E-state index in [0.717, 1.165) is 51.4 Å². The summed E-state index contributed by atoms with van der Waals surface area (Å²) in [7, 11) is -3.22. The van der Waals surface area contributed by atoms with E-state index in [-0.39, 0.29) is 37.2 Å². The van der Waals surface area contributed by atoms with Crippen LogP contribution in [-0.2, 0) is 59.0 Å². The van der Waals surface area contributed by atoms with E-state index in [0.29, 0.717) is 0 Å². The van der Waals surface area contributed by atoms with Gasteiger partial charge in [-0.3, -0.25) is 0 Å². The third kappa shape index (κ3) is 12.9. The first-order valence-corrected chi connectivity index (χ1v) is 27.5. The number of rotatable bonds is 17. The van der Waals surface area contributed by atoms with Gasteiger partial charge in [-0.05, 0) is 0 Å². The predicted octanol–water partition coefficient (Wildman–Crippen LogP) is 15.0. The molecule has 359 valence electrons. The Hall–Kier alpha value is -5.74. The van der Waals surface area contributed by atoms with E-state index in [9.17, 15) is 0 Å². The zero-order valence-corrected chi connectivity index (χ0v) is 46.0. The van der Waals surface area contributed by atoms with Crippen molar-refractivity contribution in [3.63, 3.8) is 0 Å². The monoisotopic (exact) mass is 1050 g/mol. The van der Waals surface area contributed by atoms with Crippen molar-refractivity contribution in [3.05, 3.63) is 324 Å². The van der Waals surface area contributed by atoms with Gasteiger partial charge >= 0.3 is 426 Å². The van der Waals surface area contributed by atoms with Gasteiger partial charge in [-0.25, -0.2) is 0 Å². The molecule has 0 unspecified atom stereocenters. The zero-order chi connectivity index (χ0) is 46.8. The van der Waals surface area contributed by atoms with Crippen LogP contribution in [0.15, 0.2) is 257 Å². The quantitative estimate of drug-likeness (QED) is 0.0630. The van der Waals surface area contributed by atoms with Gasteiger partial charge < -0.3 is 0 Å². The Bertz CT molecular complexity index is 2720. The van der Waals surface area contributed by atoms with Gasteiger partial charge in [0.05, 0.1) is 0 Å². The third-order valence-electron chi connectivity index (χ3n) is 13.9. The SMILES string of the molecule is CCC1=CC[C]([Ti])=C1[Si](c1cc(Cc2ccccc2)cc(Cc2ccccc2)c1)(c1cc(Cc2ccccc2)cc(Cc2ccccc2)c1)c1cc(Cc2ccccc2)cc(Cc2ccccc2)c1.Cl.Cl.Cl. The van der Waals surface area contributed by atoms with Crippen LogP contribution in [0.4, 0.5) is 0 Å². The van der Waals surface area contributed by atoms with Crippen LogP contribution in [0.25, 0.3) is 0 Å². The molecule has 0 N–H and O–H groups in total. The largest absolute Gasteiger partial charge is 0.147 e. The molecule has 9 aromatic carbocycles. The Morgan fingerprint density at radius 3 is 0.750 bits per heavy atom. The minimum Gasteiger partial charge on any atom is -0.147 e. The molecule has 0 bridgehead atoms. The Morgan fingerprint density at radius 1 is 0.319 bits per heavy atom. The number of benzene rings is 9. The van der Waals surface area contributed by atoms with Gasteiger partial charge in [-0.2, -0.15) is 0 Å². The van der Waals surface area contributed by atoms with Crippen LogP contribution in [0.5, 0.6) is 0 Å². The standard InChI is InChI=1S/C67H59Si.3ClH.Ti/c1-2-63-34-21-35-67(63)68(64-45-57(36-51-22-9-3-10-23-51)42-58(46-64)37-52-24-11-4-12-25-52,65-47-59(38-53-26-13-5-14-27-53)43-60(48-65)39-54-28-15-6-16-29-54)66-49-61(40-55-30-17-7-18-31-55)44-62(50-66)41-56-32-19-8-20-33-56;;;;/h3-20,22-34,42-50H,2,21,36-41H2,1H3;3*1H;. The predicted molar refractivity (Wildman–Crippen MR) is 311 cm³/mol. The second-order valence-corrected chi connectivity index (χ2v) is 23.7. The van der Waals surface area contributed by atoms with E-state index < -0.39 is 8.07 Å². The Labute approximate surface area is 460 Å². The summed E-state index contributed by atoms with van der Waals surface area (Å²) in [6.07, 6.45) is 9.77. The second kappa shape index (κ2) is 25.8. The van der Waals surface area contributed by atoms with Crippen molar-refractivity contribution in [3.8, 4) is 0 Å². The van der Waals surface area contributed by atoms with Gasteiger partial charge in [-0.15, -0.1) is 37.2 Å². The normalized spacial score (nSPS) is 12.0. The molecule has 0 atom stereocenters. The Morgan fingerprint density at radius 2 is 0.542 bits per heavy atom. The maximum atomic E-state index is 2.65. The van der Waals surface area contributed by atoms with Crippen LogP contribution < -0.4 is 15.6 Å². The topological polar surface area (TPSA) is 0 Å². The van der Waals surface area contributed by atoms with Crippen molar-refractivity contribution in [1.82, 2.24) is 0 Å². The smallest absolute Gasteiger partial charge is 0.147 e. The molecule has 0 nitrogen and oxygen atoms in total. The summed E-state index contributed by atoms with van der Waals surface area (Å²) >= 11 is 2.45. The molecule has 0 aromatic heterocycles. The van der Waals surface area contributed by atoms with Crippen LogP contribution >= 0.6 is 37.2 Å². The van der Waals surface area contributed by atoms with E-state index >= 15 is 0 Å². The van der Waals surface area contributed by atoms with E-state index in [1.54, 1.807) is 5.20 Å². The van der Waals surface area contributed by atoms with Crippen LogP contribution in [-0.4, -0.2) is 8.07 Å². The molecule has 0 heterocycles. The fourth-order valence-electron chi connectivity index (χ4n) is 10.9. The van der Waals surface area contributed by atoms with Crippen molar-refractivity contribution in [2.75, 3.05) is 0 Å². The summed E-state index contributed by atoms with van der Waals surface area (Å²) in [4.78, 5) is 0. The molecule has 72 heavy (non-hydrogen) atoms. The van der Waals surface area contributed by atoms with Gasteiger partial charge in [-0.1, -0.05) is 0 Å². The summed E-state index contributed by atoms with van der Waals surface area (Å²) < 4.78 is 1.51. The van der Waals surface area contributed by atoms with E-state index in [2.05, 4.69) is 270 Å². The molecule has 0 fully saturated rings. The Kier molecular flexibility index (Phi) is 19.3. The summed E-state index contributed by atoms with van der Waals surface area (Å²) in [6.45, 7) is 2.38. The summed E-state index contributed by atoms with van der Waals surface area (Å²) in [5, 5.41) is 6.02. The van der Waals surface area contributed by atoms with E-state index in [4.69, 9.17) is 0 Å². The summed E-state index contributed by atoms with van der Waals surface area (Å²) in [6, 6.07) is 90.0. The molecular weight excluding hydrogens is 987 g/mol. The van der Waals surface area contributed by atoms with Gasteiger partial charge in [0.1, 0.15) is 0 Å². The van der Waals surface area contributed by atoms with E-state index in [1.807, 2.05) is 0 Å². The van der Waals surface area contributed by atoms with Gasteiger partial charge in [0.2, 0.25) is 0 Å². The first kappa shape index (κ1) is 54.0. The van der Waals surface area contributed by atoms with Crippen LogP contribution in [0.3, 0.4) is 0 Å². The fraction of sp³-hybridized carbons (Fsp3) is 0.134. The molecule has 0 saturated heterocycles. The average Bonchev–Trinajstić information content (AvgIpc) is 3.76. The summed E-state index contributed by atoms with van der Waals surface area (Å²) in [5.41, 5.74) is 17.7. The van der Waals surface area contributed by atoms with Crippen LogP contribution in [0.2, 0.25) is 0 Å². The summed E-state index contributed by atoms with van der Waals surface area (Å²) in [5.74, 6) is 0. The molecule has 0 spiro atoms. The van der Waals surface area contributed by atoms with Crippen molar-refractivity contribution >= 4 is 60.9 Å². The number of hydrogen-bond acceptors (Lipinski definition) is 0. The number of hydrogen-bond donors (Lipinski definition) is 0. The third-order valence-corrected chi connectivity index (χ3v) is 19.8. The van der Waals surface area contributed by atoms with Crippen LogP contribution in [0.1, 0.15) is 86.5 Å². The number of halogens is 3. The van der Waals surface area contributed by atoms with Gasteiger partial charge in [0, 0.05) is 0 Å². The van der Waals surface area contributed by atoms with Crippen LogP contribution in [0, 0.1) is 0 Å². The zero-order valence-electron chi connectivity index (χ0n) is 41.0. The van der Waals surface area contributed by atoms with E-state index in [1.165, 1.54) is 91.8 Å². The molecule has 0 radical (unpaired) electrons. The molecule has 5 heteroatoms.